The van der Waals surface area contributed by atoms with Gasteiger partial charge in [0.1, 0.15) is 11.7 Å². The van der Waals surface area contributed by atoms with E-state index >= 15 is 0 Å². The average molecular weight is 434 g/mol. The fraction of sp³-hybridized carbons (Fsp3) is 0. The van der Waals surface area contributed by atoms with Crippen molar-refractivity contribution in [1.82, 2.24) is 4.57 Å². The molecule has 0 N–H and O–H groups in total. The molecular weight excluding hydrogens is 416 g/mol. The number of furan rings is 1. The summed E-state index contributed by atoms with van der Waals surface area (Å²) in [6.45, 7) is 0. The van der Waals surface area contributed by atoms with Crippen molar-refractivity contribution in [2.45, 2.75) is 0 Å². The Bertz CT molecular complexity index is 1880. The van der Waals surface area contributed by atoms with E-state index in [2.05, 4.69) is 89.5 Å². The molecule has 158 valence electrons. The van der Waals surface area contributed by atoms with E-state index in [0.717, 1.165) is 44.2 Å². The lowest BCUT2D eigenvalue weighted by molar-refractivity contribution is 0.667. The lowest BCUT2D eigenvalue weighted by Crippen LogP contribution is -1.97. The zero-order valence-electron chi connectivity index (χ0n) is 18.2. The number of hydrogen-bond donors (Lipinski definition) is 0. The SMILES string of the molecule is N#Cc1cc(-c2ccccc2-n2c3ccccc3c3ccccc32)cc2c1oc1ccccc12. The molecule has 0 aliphatic rings. The van der Waals surface area contributed by atoms with Crippen molar-refractivity contribution in [3.63, 3.8) is 0 Å². The van der Waals surface area contributed by atoms with Gasteiger partial charge in [-0.1, -0.05) is 72.8 Å². The molecule has 5 aromatic carbocycles. The van der Waals surface area contributed by atoms with Crippen LogP contribution in [-0.2, 0) is 0 Å². The Morgan fingerprint density at radius 2 is 1.24 bits per heavy atom. The molecule has 7 aromatic rings. The Labute approximate surface area is 195 Å². The van der Waals surface area contributed by atoms with Crippen LogP contribution < -0.4 is 0 Å². The van der Waals surface area contributed by atoms with E-state index in [1.165, 1.54) is 10.8 Å². The summed E-state index contributed by atoms with van der Waals surface area (Å²) in [5.74, 6) is 0. The first kappa shape index (κ1) is 18.7. The number of nitrogens with zero attached hydrogens (tertiary/aromatic N) is 2. The first-order chi connectivity index (χ1) is 16.8. The van der Waals surface area contributed by atoms with Crippen molar-refractivity contribution in [2.75, 3.05) is 0 Å². The second-order valence-corrected chi connectivity index (χ2v) is 8.50. The van der Waals surface area contributed by atoms with Gasteiger partial charge in [-0.25, -0.2) is 0 Å². The third-order valence-electron chi connectivity index (χ3n) is 6.63. The van der Waals surface area contributed by atoms with Gasteiger partial charge in [0.2, 0.25) is 0 Å². The maximum atomic E-state index is 9.95. The summed E-state index contributed by atoms with van der Waals surface area (Å²) in [4.78, 5) is 0. The van der Waals surface area contributed by atoms with E-state index < -0.39 is 0 Å². The minimum Gasteiger partial charge on any atom is -0.455 e. The summed E-state index contributed by atoms with van der Waals surface area (Å²) in [7, 11) is 0. The standard InChI is InChI=1S/C31H18N2O/c32-19-21-17-20(18-26-25-12-4-8-16-30(25)34-31(21)26)22-9-1-5-13-27(22)33-28-14-6-2-10-23(28)24-11-3-7-15-29(24)33/h1-18H. The van der Waals surface area contributed by atoms with E-state index in [4.69, 9.17) is 4.42 Å². The third-order valence-corrected chi connectivity index (χ3v) is 6.63. The highest BCUT2D eigenvalue weighted by molar-refractivity contribution is 6.11. The molecule has 34 heavy (non-hydrogen) atoms. The summed E-state index contributed by atoms with van der Waals surface area (Å²) in [5, 5.41) is 14.4. The largest absolute Gasteiger partial charge is 0.455 e. The molecule has 0 atom stereocenters. The lowest BCUT2D eigenvalue weighted by Gasteiger charge is -2.14. The number of hydrogen-bond acceptors (Lipinski definition) is 2. The fourth-order valence-corrected chi connectivity index (χ4v) is 5.16. The van der Waals surface area contributed by atoms with E-state index in [-0.39, 0.29) is 0 Å². The summed E-state index contributed by atoms with van der Waals surface area (Å²) in [6, 6.07) is 39.8. The Kier molecular flexibility index (Phi) is 3.91. The highest BCUT2D eigenvalue weighted by Gasteiger charge is 2.18. The Morgan fingerprint density at radius 1 is 0.618 bits per heavy atom. The fourth-order valence-electron chi connectivity index (χ4n) is 5.16. The van der Waals surface area contributed by atoms with Crippen LogP contribution in [0.3, 0.4) is 0 Å². The van der Waals surface area contributed by atoms with Crippen LogP contribution in [0.15, 0.2) is 114 Å². The second-order valence-electron chi connectivity index (χ2n) is 8.50. The van der Waals surface area contributed by atoms with Crippen LogP contribution in [-0.4, -0.2) is 4.57 Å². The molecule has 3 nitrogen and oxygen atoms in total. The molecule has 3 heteroatoms. The summed E-state index contributed by atoms with van der Waals surface area (Å²) >= 11 is 0. The molecule has 0 bridgehead atoms. The van der Waals surface area contributed by atoms with Gasteiger partial charge in [0, 0.05) is 27.1 Å². The zero-order chi connectivity index (χ0) is 22.6. The van der Waals surface area contributed by atoms with Gasteiger partial charge in [0.05, 0.1) is 22.3 Å². The van der Waals surface area contributed by atoms with Crippen molar-refractivity contribution >= 4 is 43.7 Å². The normalized spacial score (nSPS) is 11.5. The van der Waals surface area contributed by atoms with Crippen molar-refractivity contribution < 1.29 is 4.42 Å². The Morgan fingerprint density at radius 3 is 1.97 bits per heavy atom. The summed E-state index contributed by atoms with van der Waals surface area (Å²) in [5.41, 5.74) is 7.43. The molecule has 7 rings (SSSR count). The van der Waals surface area contributed by atoms with Crippen molar-refractivity contribution in [3.8, 4) is 22.9 Å². The van der Waals surface area contributed by atoms with Crippen LogP contribution in [0, 0.1) is 11.3 Å². The molecule has 0 radical (unpaired) electrons. The van der Waals surface area contributed by atoms with E-state index in [1.54, 1.807) is 0 Å². The van der Waals surface area contributed by atoms with Crippen LogP contribution in [0.4, 0.5) is 0 Å². The number of rotatable bonds is 2. The van der Waals surface area contributed by atoms with Gasteiger partial charge >= 0.3 is 0 Å². The van der Waals surface area contributed by atoms with Gasteiger partial charge in [-0.05, 0) is 42.0 Å². The zero-order valence-corrected chi connectivity index (χ0v) is 18.2. The third kappa shape index (κ3) is 2.57. The van der Waals surface area contributed by atoms with Crippen LogP contribution in [0.5, 0.6) is 0 Å². The van der Waals surface area contributed by atoms with Crippen molar-refractivity contribution in [1.29, 1.82) is 5.26 Å². The van der Waals surface area contributed by atoms with Crippen molar-refractivity contribution in [2.24, 2.45) is 0 Å². The Balaban J connectivity index is 1.58. The molecule has 0 aliphatic carbocycles. The van der Waals surface area contributed by atoms with E-state index in [0.29, 0.717) is 11.1 Å². The molecule has 2 heterocycles. The maximum absolute atomic E-state index is 9.95. The average Bonchev–Trinajstić information content (AvgIpc) is 3.44. The number of nitriles is 1. The number of fused-ring (bicyclic) bond motifs is 6. The highest BCUT2D eigenvalue weighted by atomic mass is 16.3. The molecule has 0 aliphatic heterocycles. The van der Waals surface area contributed by atoms with Gasteiger partial charge in [0.15, 0.2) is 5.58 Å². The van der Waals surface area contributed by atoms with Crippen molar-refractivity contribution in [3.05, 3.63) is 115 Å². The van der Waals surface area contributed by atoms with Crippen LogP contribution >= 0.6 is 0 Å². The summed E-state index contributed by atoms with van der Waals surface area (Å²) in [6.07, 6.45) is 0. The smallest absolute Gasteiger partial charge is 0.153 e. The predicted molar refractivity (Wildman–Crippen MR) is 138 cm³/mol. The molecular formula is C31H18N2O. The quantitative estimate of drug-likeness (QED) is 0.275. The predicted octanol–water partition coefficient (Wildman–Crippen LogP) is 8.22. The number of benzene rings is 5. The summed E-state index contributed by atoms with van der Waals surface area (Å²) < 4.78 is 8.38. The second kappa shape index (κ2) is 7.10. The topological polar surface area (TPSA) is 41.9 Å². The maximum Gasteiger partial charge on any atom is 0.153 e. The number of para-hydroxylation sites is 4. The monoisotopic (exact) mass is 434 g/mol. The van der Waals surface area contributed by atoms with Gasteiger partial charge < -0.3 is 8.98 Å². The molecule has 0 saturated heterocycles. The minimum atomic E-state index is 0.542. The van der Waals surface area contributed by atoms with Gasteiger partial charge in [-0.15, -0.1) is 0 Å². The van der Waals surface area contributed by atoms with Crippen LogP contribution in [0.1, 0.15) is 5.56 Å². The van der Waals surface area contributed by atoms with Gasteiger partial charge in [0.25, 0.3) is 0 Å². The highest BCUT2D eigenvalue weighted by Crippen LogP contribution is 2.39. The van der Waals surface area contributed by atoms with Gasteiger partial charge in [-0.3, -0.25) is 0 Å². The van der Waals surface area contributed by atoms with Crippen LogP contribution in [0.25, 0.3) is 60.6 Å². The first-order valence-electron chi connectivity index (χ1n) is 11.3. The molecule has 0 amide bonds. The first-order valence-corrected chi connectivity index (χ1v) is 11.3. The van der Waals surface area contributed by atoms with Gasteiger partial charge in [-0.2, -0.15) is 5.26 Å². The van der Waals surface area contributed by atoms with E-state index in [1.807, 2.05) is 30.3 Å². The number of aromatic nitrogens is 1. The molecule has 0 unspecified atom stereocenters. The van der Waals surface area contributed by atoms with Crippen LogP contribution in [0.2, 0.25) is 0 Å². The molecule has 0 fully saturated rings. The van der Waals surface area contributed by atoms with E-state index in [9.17, 15) is 5.26 Å². The minimum absolute atomic E-state index is 0.542. The Hall–Kier alpha value is -4.81. The lowest BCUT2D eigenvalue weighted by atomic mass is 9.98. The molecule has 2 aromatic heterocycles. The molecule has 0 spiro atoms. The molecule has 0 saturated carbocycles.